The quantitative estimate of drug-likeness (QED) is 0.821. The molecule has 1 aliphatic heterocycles. The third-order valence-corrected chi connectivity index (χ3v) is 3.56. The Balaban J connectivity index is 1.76. The fraction of sp³-hybridized carbons (Fsp3) is 0.500. The molecule has 1 unspecified atom stereocenters. The molecule has 1 atom stereocenters. The molecule has 1 amide bonds. The number of benzene rings is 1. The van der Waals surface area contributed by atoms with E-state index >= 15 is 0 Å². The number of hydrogen-bond donors (Lipinski definition) is 2. The highest BCUT2D eigenvalue weighted by atomic mass is 32.1. The van der Waals surface area contributed by atoms with E-state index in [4.69, 9.17) is 4.74 Å². The highest BCUT2D eigenvalue weighted by Gasteiger charge is 2.14. The van der Waals surface area contributed by atoms with Crippen LogP contribution < -0.4 is 5.32 Å². The Morgan fingerprint density at radius 3 is 2.94 bits per heavy atom. The number of thiol groups is 1. The van der Waals surface area contributed by atoms with E-state index in [1.807, 2.05) is 18.2 Å². The molecule has 0 radical (unpaired) electrons. The van der Waals surface area contributed by atoms with Crippen molar-refractivity contribution in [3.8, 4) is 0 Å². The average molecular weight is 265 g/mol. The standard InChI is InChI=1S/C14H19NO2S/c16-14(12-6-1-2-7-13(12)18)15-9-8-11-5-3-4-10-17-11/h1-2,6-7,11,18H,3-5,8-10H2,(H,15,16). The molecule has 1 heterocycles. The lowest BCUT2D eigenvalue weighted by Gasteiger charge is -2.22. The predicted octanol–water partition coefficient (Wildman–Crippen LogP) is 2.66. The van der Waals surface area contributed by atoms with Gasteiger partial charge in [0.25, 0.3) is 5.91 Å². The van der Waals surface area contributed by atoms with E-state index in [1.165, 1.54) is 6.42 Å². The summed E-state index contributed by atoms with van der Waals surface area (Å²) in [5, 5.41) is 2.92. The molecule has 0 spiro atoms. The van der Waals surface area contributed by atoms with Gasteiger partial charge in [0.2, 0.25) is 0 Å². The summed E-state index contributed by atoms with van der Waals surface area (Å²) in [5.74, 6) is -0.0589. The minimum atomic E-state index is -0.0589. The Hall–Kier alpha value is -1.00. The lowest BCUT2D eigenvalue weighted by atomic mass is 10.1. The molecule has 1 aromatic rings. The third-order valence-electron chi connectivity index (χ3n) is 3.17. The summed E-state index contributed by atoms with van der Waals surface area (Å²) in [6.07, 6.45) is 4.71. The monoisotopic (exact) mass is 265 g/mol. The van der Waals surface area contributed by atoms with Crippen LogP contribution in [0.4, 0.5) is 0 Å². The molecule has 1 aromatic carbocycles. The van der Waals surface area contributed by atoms with E-state index in [9.17, 15) is 4.79 Å². The number of hydrogen-bond acceptors (Lipinski definition) is 3. The Kier molecular flexibility index (Phi) is 5.08. The minimum Gasteiger partial charge on any atom is -0.378 e. The van der Waals surface area contributed by atoms with Crippen molar-refractivity contribution in [1.29, 1.82) is 0 Å². The van der Waals surface area contributed by atoms with E-state index < -0.39 is 0 Å². The van der Waals surface area contributed by atoms with Crippen LogP contribution in [0.2, 0.25) is 0 Å². The maximum atomic E-state index is 11.9. The van der Waals surface area contributed by atoms with Crippen molar-refractivity contribution >= 4 is 18.5 Å². The molecule has 0 aromatic heterocycles. The van der Waals surface area contributed by atoms with Gasteiger partial charge in [-0.2, -0.15) is 0 Å². The van der Waals surface area contributed by atoms with Crippen molar-refractivity contribution in [3.05, 3.63) is 29.8 Å². The second-order valence-corrected chi connectivity index (χ2v) is 5.03. The zero-order chi connectivity index (χ0) is 12.8. The van der Waals surface area contributed by atoms with Crippen LogP contribution >= 0.6 is 12.6 Å². The van der Waals surface area contributed by atoms with Gasteiger partial charge in [-0.25, -0.2) is 0 Å². The summed E-state index contributed by atoms with van der Waals surface area (Å²) < 4.78 is 5.62. The first-order valence-corrected chi connectivity index (χ1v) is 6.90. The van der Waals surface area contributed by atoms with Crippen LogP contribution in [0.25, 0.3) is 0 Å². The fourth-order valence-electron chi connectivity index (χ4n) is 2.14. The zero-order valence-corrected chi connectivity index (χ0v) is 11.3. The first-order chi connectivity index (χ1) is 8.77. The number of amides is 1. The normalized spacial score (nSPS) is 19.5. The van der Waals surface area contributed by atoms with Gasteiger partial charge in [-0.15, -0.1) is 12.6 Å². The molecule has 18 heavy (non-hydrogen) atoms. The Bertz CT molecular complexity index is 403. The molecular weight excluding hydrogens is 246 g/mol. The van der Waals surface area contributed by atoms with Crippen LogP contribution in [-0.4, -0.2) is 25.2 Å². The van der Waals surface area contributed by atoms with Crippen LogP contribution in [-0.2, 0) is 4.74 Å². The SMILES string of the molecule is O=C(NCCC1CCCCO1)c1ccccc1S. The van der Waals surface area contributed by atoms with Gasteiger partial charge in [0.1, 0.15) is 0 Å². The van der Waals surface area contributed by atoms with Crippen LogP contribution in [0.5, 0.6) is 0 Å². The summed E-state index contributed by atoms with van der Waals surface area (Å²) in [6, 6.07) is 7.32. The Morgan fingerprint density at radius 1 is 1.39 bits per heavy atom. The molecule has 98 valence electrons. The van der Waals surface area contributed by atoms with E-state index in [0.717, 1.165) is 25.9 Å². The lowest BCUT2D eigenvalue weighted by Crippen LogP contribution is -2.29. The Morgan fingerprint density at radius 2 is 2.22 bits per heavy atom. The first-order valence-electron chi connectivity index (χ1n) is 6.45. The highest BCUT2D eigenvalue weighted by Crippen LogP contribution is 2.15. The van der Waals surface area contributed by atoms with Crippen molar-refractivity contribution in [1.82, 2.24) is 5.32 Å². The number of ether oxygens (including phenoxy) is 1. The van der Waals surface area contributed by atoms with Gasteiger partial charge in [0, 0.05) is 18.0 Å². The van der Waals surface area contributed by atoms with Crippen LogP contribution in [0.3, 0.4) is 0 Å². The molecule has 0 bridgehead atoms. The van der Waals surface area contributed by atoms with Gasteiger partial charge >= 0.3 is 0 Å². The number of carbonyl (C=O) groups excluding carboxylic acids is 1. The van der Waals surface area contributed by atoms with Crippen molar-refractivity contribution in [3.63, 3.8) is 0 Å². The van der Waals surface area contributed by atoms with Crippen LogP contribution in [0.1, 0.15) is 36.0 Å². The number of nitrogens with one attached hydrogen (secondary N) is 1. The van der Waals surface area contributed by atoms with E-state index in [2.05, 4.69) is 17.9 Å². The topological polar surface area (TPSA) is 38.3 Å². The molecule has 3 nitrogen and oxygen atoms in total. The molecule has 1 saturated heterocycles. The molecule has 2 rings (SSSR count). The summed E-state index contributed by atoms with van der Waals surface area (Å²) in [5.41, 5.74) is 0.630. The fourth-order valence-corrected chi connectivity index (χ4v) is 2.40. The molecule has 4 heteroatoms. The van der Waals surface area contributed by atoms with Gasteiger partial charge < -0.3 is 10.1 Å². The smallest absolute Gasteiger partial charge is 0.252 e. The molecule has 1 N–H and O–H groups in total. The van der Waals surface area contributed by atoms with Gasteiger partial charge in [0.15, 0.2) is 0 Å². The highest BCUT2D eigenvalue weighted by molar-refractivity contribution is 7.80. The van der Waals surface area contributed by atoms with Crippen molar-refractivity contribution < 1.29 is 9.53 Å². The molecular formula is C14H19NO2S. The predicted molar refractivity (Wildman–Crippen MR) is 74.2 cm³/mol. The van der Waals surface area contributed by atoms with Crippen molar-refractivity contribution in [2.75, 3.05) is 13.2 Å². The summed E-state index contributed by atoms with van der Waals surface area (Å²) in [7, 11) is 0. The van der Waals surface area contributed by atoms with Crippen molar-refractivity contribution in [2.45, 2.75) is 36.7 Å². The van der Waals surface area contributed by atoms with E-state index in [0.29, 0.717) is 23.1 Å². The lowest BCUT2D eigenvalue weighted by molar-refractivity contribution is 0.0117. The largest absolute Gasteiger partial charge is 0.378 e. The molecule has 0 aliphatic carbocycles. The summed E-state index contributed by atoms with van der Waals surface area (Å²) in [4.78, 5) is 12.6. The Labute approximate surface area is 113 Å². The van der Waals surface area contributed by atoms with Crippen LogP contribution in [0, 0.1) is 0 Å². The molecule has 1 fully saturated rings. The summed E-state index contributed by atoms with van der Waals surface area (Å²) >= 11 is 4.28. The van der Waals surface area contributed by atoms with Gasteiger partial charge in [-0.05, 0) is 37.8 Å². The second kappa shape index (κ2) is 6.81. The van der Waals surface area contributed by atoms with Gasteiger partial charge in [-0.3, -0.25) is 4.79 Å². The van der Waals surface area contributed by atoms with E-state index in [-0.39, 0.29) is 5.91 Å². The maximum Gasteiger partial charge on any atom is 0.252 e. The first kappa shape index (κ1) is 13.4. The molecule has 1 aliphatic rings. The molecule has 0 saturated carbocycles. The number of carbonyl (C=O) groups is 1. The van der Waals surface area contributed by atoms with Gasteiger partial charge in [0.05, 0.1) is 11.7 Å². The maximum absolute atomic E-state index is 11.9. The summed E-state index contributed by atoms with van der Waals surface area (Å²) in [6.45, 7) is 1.52. The van der Waals surface area contributed by atoms with E-state index in [1.54, 1.807) is 6.07 Å². The minimum absolute atomic E-state index is 0.0589. The third kappa shape index (κ3) is 3.75. The number of rotatable bonds is 4. The average Bonchev–Trinajstić information content (AvgIpc) is 2.40. The van der Waals surface area contributed by atoms with Crippen molar-refractivity contribution in [2.24, 2.45) is 0 Å². The van der Waals surface area contributed by atoms with Crippen LogP contribution in [0.15, 0.2) is 29.2 Å². The second-order valence-electron chi connectivity index (χ2n) is 4.55. The van der Waals surface area contributed by atoms with Gasteiger partial charge in [-0.1, -0.05) is 12.1 Å². The zero-order valence-electron chi connectivity index (χ0n) is 10.4.